The summed E-state index contributed by atoms with van der Waals surface area (Å²) in [6.45, 7) is 2.11. The molecule has 3 nitrogen and oxygen atoms in total. The smallest absolute Gasteiger partial charge is 1.00 e. The fraction of sp³-hybridized carbons (Fsp3) is 0.222. The van der Waals surface area contributed by atoms with Gasteiger partial charge >= 0.3 is 86.9 Å². The first-order valence-electron chi connectivity index (χ1n) is 3.70. The number of esters is 1. The van der Waals surface area contributed by atoms with Crippen LogP contribution in [0.3, 0.4) is 0 Å². The van der Waals surface area contributed by atoms with Crippen molar-refractivity contribution in [1.29, 1.82) is 0 Å². The van der Waals surface area contributed by atoms with Crippen molar-refractivity contribution in [2.75, 3.05) is 6.61 Å². The Hall–Kier alpha value is 1.13. The Bertz CT molecular complexity index is 283. The molecule has 1 aromatic rings. The molecule has 14 heavy (non-hydrogen) atoms. The zero-order chi connectivity index (χ0) is 8.97. The quantitative estimate of drug-likeness (QED) is 0.414. The molecule has 0 aromatic heterocycles. The van der Waals surface area contributed by atoms with E-state index in [0.29, 0.717) is 12.2 Å². The third-order valence-corrected chi connectivity index (χ3v) is 1.38. The van der Waals surface area contributed by atoms with Gasteiger partial charge in [0, 0.05) is 0 Å². The second kappa shape index (κ2) is 9.36. The fourth-order valence-corrected chi connectivity index (χ4v) is 0.812. The SMILES string of the molecule is CCOC(=O)c1ccc(O)cc1.[H-].[H-].[K+].[Na+]. The van der Waals surface area contributed by atoms with Crippen molar-refractivity contribution in [3.63, 3.8) is 0 Å². The van der Waals surface area contributed by atoms with E-state index in [-0.39, 0.29) is 95.5 Å². The molecule has 0 aliphatic rings. The maximum atomic E-state index is 11.1. The van der Waals surface area contributed by atoms with Crippen LogP contribution in [0.2, 0.25) is 0 Å². The Morgan fingerprint density at radius 3 is 2.36 bits per heavy atom. The molecular weight excluding hydrogens is 218 g/mol. The minimum Gasteiger partial charge on any atom is -1.00 e. The van der Waals surface area contributed by atoms with Gasteiger partial charge in [-0.25, -0.2) is 4.79 Å². The normalized spacial score (nSPS) is 8.07. The second-order valence-corrected chi connectivity index (χ2v) is 2.27. The Kier molecular flexibility index (Phi) is 11.7. The van der Waals surface area contributed by atoms with Gasteiger partial charge in [-0.1, -0.05) is 0 Å². The van der Waals surface area contributed by atoms with Crippen molar-refractivity contribution in [3.8, 4) is 5.75 Å². The zero-order valence-corrected chi connectivity index (χ0v) is 13.9. The molecule has 0 amide bonds. The number of hydrogen-bond donors (Lipinski definition) is 1. The monoisotopic (exact) mass is 230 g/mol. The number of hydrogen-bond acceptors (Lipinski definition) is 3. The summed E-state index contributed by atoms with van der Waals surface area (Å²) in [5.74, 6) is -0.222. The van der Waals surface area contributed by atoms with Crippen LogP contribution < -0.4 is 80.9 Å². The van der Waals surface area contributed by atoms with E-state index >= 15 is 0 Å². The van der Waals surface area contributed by atoms with Gasteiger partial charge < -0.3 is 12.7 Å². The third-order valence-electron chi connectivity index (χ3n) is 1.38. The van der Waals surface area contributed by atoms with Crippen LogP contribution in [0.4, 0.5) is 0 Å². The first-order valence-corrected chi connectivity index (χ1v) is 3.70. The number of carbonyl (C=O) groups excluding carboxylic acids is 1. The Morgan fingerprint density at radius 2 is 1.93 bits per heavy atom. The predicted octanol–water partition coefficient (Wildman–Crippen LogP) is -4.20. The molecule has 0 saturated carbocycles. The molecule has 1 rings (SSSR count). The van der Waals surface area contributed by atoms with Crippen molar-refractivity contribution >= 4 is 5.97 Å². The maximum absolute atomic E-state index is 11.1. The molecule has 1 aromatic carbocycles. The standard InChI is InChI=1S/C9H10O3.K.Na.2H/c1-2-12-9(11)7-3-5-8(10)6-4-7;;;;/h3-6,10H,2H2,1H3;;;;/q;2*+1;2*-1. The van der Waals surface area contributed by atoms with Crippen molar-refractivity contribution in [2.24, 2.45) is 0 Å². The van der Waals surface area contributed by atoms with Gasteiger partial charge in [0.15, 0.2) is 0 Å². The summed E-state index contributed by atoms with van der Waals surface area (Å²) >= 11 is 0. The van der Waals surface area contributed by atoms with Crippen LogP contribution in [-0.2, 0) is 4.74 Å². The van der Waals surface area contributed by atoms with Crippen LogP contribution in [0, 0.1) is 0 Å². The molecule has 0 unspecified atom stereocenters. The van der Waals surface area contributed by atoms with Gasteiger partial charge in [0.25, 0.3) is 0 Å². The summed E-state index contributed by atoms with van der Waals surface area (Å²) in [4.78, 5) is 11.1. The summed E-state index contributed by atoms with van der Waals surface area (Å²) < 4.78 is 4.75. The van der Waals surface area contributed by atoms with E-state index in [0.717, 1.165) is 0 Å². The molecule has 0 aliphatic carbocycles. The van der Waals surface area contributed by atoms with Crippen molar-refractivity contribution in [1.82, 2.24) is 0 Å². The van der Waals surface area contributed by atoms with Crippen LogP contribution in [0.25, 0.3) is 0 Å². The molecule has 5 heteroatoms. The van der Waals surface area contributed by atoms with Crippen LogP contribution in [0.5, 0.6) is 5.75 Å². The van der Waals surface area contributed by atoms with Gasteiger partial charge in [-0.05, 0) is 31.2 Å². The maximum Gasteiger partial charge on any atom is 1.00 e. The van der Waals surface area contributed by atoms with Gasteiger partial charge in [-0.2, -0.15) is 0 Å². The largest absolute Gasteiger partial charge is 1.00 e. The molecule has 0 heterocycles. The van der Waals surface area contributed by atoms with E-state index < -0.39 is 0 Å². The number of phenols is 1. The number of ether oxygens (including phenoxy) is 1. The predicted molar refractivity (Wildman–Crippen MR) is 46.3 cm³/mol. The first kappa shape index (κ1) is 17.5. The molecule has 1 N–H and O–H groups in total. The van der Waals surface area contributed by atoms with Crippen LogP contribution in [0.1, 0.15) is 20.1 Å². The summed E-state index contributed by atoms with van der Waals surface area (Å²) in [5.41, 5.74) is 0.453. The van der Waals surface area contributed by atoms with Crippen LogP contribution in [0.15, 0.2) is 24.3 Å². The average Bonchev–Trinajstić information content (AvgIpc) is 2.06. The number of rotatable bonds is 2. The number of carbonyl (C=O) groups is 1. The summed E-state index contributed by atoms with van der Waals surface area (Å²) in [6, 6.07) is 5.94. The van der Waals surface area contributed by atoms with Gasteiger partial charge in [0.2, 0.25) is 0 Å². The number of aromatic hydroxyl groups is 1. The van der Waals surface area contributed by atoms with E-state index in [1.165, 1.54) is 24.3 Å². The zero-order valence-electron chi connectivity index (χ0n) is 10.8. The first-order chi connectivity index (χ1) is 5.74. The molecular formula is C9H12KNaO3. The third kappa shape index (κ3) is 5.87. The van der Waals surface area contributed by atoms with E-state index in [1.54, 1.807) is 6.92 Å². The minimum atomic E-state index is -0.363. The van der Waals surface area contributed by atoms with Gasteiger partial charge in [-0.15, -0.1) is 0 Å². The molecule has 0 bridgehead atoms. The van der Waals surface area contributed by atoms with Gasteiger partial charge in [-0.3, -0.25) is 0 Å². The second-order valence-electron chi connectivity index (χ2n) is 2.27. The average molecular weight is 230 g/mol. The van der Waals surface area contributed by atoms with Gasteiger partial charge in [0.05, 0.1) is 12.2 Å². The van der Waals surface area contributed by atoms with Crippen molar-refractivity contribution in [3.05, 3.63) is 29.8 Å². The Balaban J connectivity index is -0.000000180. The molecule has 68 valence electrons. The fourth-order valence-electron chi connectivity index (χ4n) is 0.812. The number of benzene rings is 1. The van der Waals surface area contributed by atoms with E-state index in [4.69, 9.17) is 9.84 Å². The van der Waals surface area contributed by atoms with E-state index in [9.17, 15) is 4.79 Å². The van der Waals surface area contributed by atoms with E-state index in [1.807, 2.05) is 0 Å². The topological polar surface area (TPSA) is 46.5 Å². The summed E-state index contributed by atoms with van der Waals surface area (Å²) in [6.07, 6.45) is 0. The minimum absolute atomic E-state index is 0. The molecule has 0 saturated heterocycles. The molecule has 0 aliphatic heterocycles. The van der Waals surface area contributed by atoms with E-state index in [2.05, 4.69) is 0 Å². The van der Waals surface area contributed by atoms with Crippen molar-refractivity contribution in [2.45, 2.75) is 6.92 Å². The Morgan fingerprint density at radius 1 is 1.43 bits per heavy atom. The van der Waals surface area contributed by atoms with Crippen LogP contribution >= 0.6 is 0 Å². The Labute approximate surface area is 151 Å². The molecule has 0 fully saturated rings. The number of phenolic OH excluding ortho intramolecular Hbond substituents is 1. The van der Waals surface area contributed by atoms with Crippen LogP contribution in [-0.4, -0.2) is 17.7 Å². The summed E-state index contributed by atoms with van der Waals surface area (Å²) in [7, 11) is 0. The molecule has 0 atom stereocenters. The summed E-state index contributed by atoms with van der Waals surface area (Å²) in [5, 5.41) is 8.92. The molecule has 0 spiro atoms. The van der Waals surface area contributed by atoms with Gasteiger partial charge in [0.1, 0.15) is 5.75 Å². The molecule has 0 radical (unpaired) electrons. The van der Waals surface area contributed by atoms with Crippen molar-refractivity contribution < 1.29 is 98.4 Å².